The number of methoxy groups -OCH3 is 2. The van der Waals surface area contributed by atoms with Crippen molar-refractivity contribution in [2.24, 2.45) is 0 Å². The summed E-state index contributed by atoms with van der Waals surface area (Å²) in [6, 6.07) is 0. The van der Waals surface area contributed by atoms with Gasteiger partial charge in [-0.1, -0.05) is 0 Å². The quantitative estimate of drug-likeness (QED) is 0.443. The van der Waals surface area contributed by atoms with Crippen molar-refractivity contribution in [3.05, 3.63) is 0 Å². The van der Waals surface area contributed by atoms with E-state index in [1.807, 2.05) is 0 Å². The highest BCUT2D eigenvalue weighted by Crippen LogP contribution is 1.35. The minimum atomic E-state index is 0.375. The topological polar surface area (TPSA) is 35.5 Å². The molecular formula is C4H10O3. The summed E-state index contributed by atoms with van der Waals surface area (Å²) >= 11 is 0. The molecular weight excluding hydrogens is 96.0 g/mol. The highest BCUT2D eigenvalue weighted by Gasteiger charge is 1.44. The molecule has 7 heavy (non-hydrogen) atoms. The molecule has 0 rings (SSSR count). The van der Waals surface area contributed by atoms with Gasteiger partial charge in [-0.3, -0.25) is 4.79 Å². The lowest BCUT2D eigenvalue weighted by Gasteiger charge is -1.67. The van der Waals surface area contributed by atoms with E-state index in [0.29, 0.717) is 6.47 Å². The van der Waals surface area contributed by atoms with Gasteiger partial charge in [-0.05, 0) is 0 Å². The molecule has 0 bridgehead atoms. The van der Waals surface area contributed by atoms with Crippen LogP contribution in [-0.4, -0.2) is 27.8 Å². The maximum Gasteiger partial charge on any atom is 0.292 e. The smallest absolute Gasteiger partial charge is 0.292 e. The van der Waals surface area contributed by atoms with Crippen LogP contribution in [0.4, 0.5) is 0 Å². The highest BCUT2D eigenvalue weighted by atomic mass is 16.5. The number of carbonyl (C=O) groups excluding carboxylic acids is 1. The predicted octanol–water partition coefficient (Wildman–Crippen LogP) is 0.0518. The Hall–Kier alpha value is -0.570. The van der Waals surface area contributed by atoms with Crippen molar-refractivity contribution in [3.8, 4) is 0 Å². The van der Waals surface area contributed by atoms with Gasteiger partial charge in [0, 0.05) is 14.2 Å². The van der Waals surface area contributed by atoms with E-state index in [1.165, 1.54) is 7.11 Å². The van der Waals surface area contributed by atoms with Gasteiger partial charge in [-0.25, -0.2) is 0 Å². The van der Waals surface area contributed by atoms with Gasteiger partial charge in [0.15, 0.2) is 0 Å². The van der Waals surface area contributed by atoms with E-state index in [9.17, 15) is 0 Å². The SMILES string of the molecule is COC.COC=O. The number of hydrogen-bond acceptors (Lipinski definition) is 3. The summed E-state index contributed by atoms with van der Waals surface area (Å²) in [5, 5.41) is 0. The van der Waals surface area contributed by atoms with Crippen LogP contribution in [0.2, 0.25) is 0 Å². The van der Waals surface area contributed by atoms with Crippen molar-refractivity contribution in [2.75, 3.05) is 21.3 Å². The van der Waals surface area contributed by atoms with Crippen LogP contribution >= 0.6 is 0 Å². The van der Waals surface area contributed by atoms with Crippen LogP contribution in [-0.2, 0) is 14.3 Å². The van der Waals surface area contributed by atoms with Crippen LogP contribution in [0.3, 0.4) is 0 Å². The van der Waals surface area contributed by atoms with Crippen LogP contribution in [0.1, 0.15) is 0 Å². The highest BCUT2D eigenvalue weighted by molar-refractivity contribution is 5.36. The molecule has 0 unspecified atom stereocenters. The van der Waals surface area contributed by atoms with Crippen LogP contribution in [0.5, 0.6) is 0 Å². The van der Waals surface area contributed by atoms with Gasteiger partial charge >= 0.3 is 0 Å². The van der Waals surface area contributed by atoms with Gasteiger partial charge in [0.05, 0.1) is 7.11 Å². The lowest BCUT2D eigenvalue weighted by atomic mass is 11.5. The second kappa shape index (κ2) is 18.0. The monoisotopic (exact) mass is 106 g/mol. The first-order chi connectivity index (χ1) is 3.33. The van der Waals surface area contributed by atoms with Gasteiger partial charge in [-0.2, -0.15) is 0 Å². The fraction of sp³-hybridized carbons (Fsp3) is 0.750. The Morgan fingerprint density at radius 1 is 1.29 bits per heavy atom. The zero-order chi connectivity index (χ0) is 6.12. The van der Waals surface area contributed by atoms with Crippen molar-refractivity contribution in [2.45, 2.75) is 0 Å². The molecule has 0 amide bonds. The largest absolute Gasteiger partial charge is 0.471 e. The first-order valence-corrected chi connectivity index (χ1v) is 1.70. The molecule has 0 heterocycles. The van der Waals surface area contributed by atoms with Crippen molar-refractivity contribution in [3.63, 3.8) is 0 Å². The molecule has 0 N–H and O–H groups in total. The summed E-state index contributed by atoms with van der Waals surface area (Å²) in [5.74, 6) is 0. The molecule has 0 radical (unpaired) electrons. The van der Waals surface area contributed by atoms with Gasteiger partial charge in [-0.15, -0.1) is 0 Å². The Bertz CT molecular complexity index is 28.1. The second-order valence-electron chi connectivity index (χ2n) is 0.740. The van der Waals surface area contributed by atoms with Crippen LogP contribution in [0.15, 0.2) is 0 Å². The first-order valence-electron chi connectivity index (χ1n) is 1.70. The van der Waals surface area contributed by atoms with E-state index < -0.39 is 0 Å². The van der Waals surface area contributed by atoms with Gasteiger partial charge in [0.2, 0.25) is 0 Å². The molecule has 3 heteroatoms. The molecule has 0 spiro atoms. The molecule has 0 aliphatic heterocycles. The summed E-state index contributed by atoms with van der Waals surface area (Å²) in [4.78, 5) is 8.95. The van der Waals surface area contributed by atoms with Crippen molar-refractivity contribution < 1.29 is 14.3 Å². The third kappa shape index (κ3) is 346. The Kier molecular flexibility index (Phi) is 24.9. The fourth-order valence-electron chi connectivity index (χ4n) is 0. The third-order valence-corrected chi connectivity index (χ3v) is 0.0962. The molecule has 0 saturated heterocycles. The van der Waals surface area contributed by atoms with Gasteiger partial charge in [0.1, 0.15) is 0 Å². The van der Waals surface area contributed by atoms with E-state index in [2.05, 4.69) is 9.47 Å². The maximum atomic E-state index is 8.95. The average molecular weight is 106 g/mol. The van der Waals surface area contributed by atoms with E-state index in [0.717, 1.165) is 0 Å². The van der Waals surface area contributed by atoms with E-state index in [4.69, 9.17) is 4.79 Å². The normalized spacial score (nSPS) is 5.57. The summed E-state index contributed by atoms with van der Waals surface area (Å²) < 4.78 is 8.11. The zero-order valence-electron chi connectivity index (χ0n) is 4.80. The van der Waals surface area contributed by atoms with Crippen molar-refractivity contribution in [1.82, 2.24) is 0 Å². The number of ether oxygens (including phenoxy) is 2. The molecule has 44 valence electrons. The Labute approximate surface area is 43.2 Å². The minimum absolute atomic E-state index is 0.375. The first kappa shape index (κ1) is 9.66. The number of carbonyl (C=O) groups is 1. The van der Waals surface area contributed by atoms with Crippen LogP contribution in [0.25, 0.3) is 0 Å². The average Bonchev–Trinajstić information content (AvgIpc) is 1.69. The van der Waals surface area contributed by atoms with E-state index in [1.54, 1.807) is 14.2 Å². The molecule has 0 aliphatic carbocycles. The zero-order valence-corrected chi connectivity index (χ0v) is 4.80. The van der Waals surface area contributed by atoms with Gasteiger partial charge in [0.25, 0.3) is 6.47 Å². The summed E-state index contributed by atoms with van der Waals surface area (Å²) in [5.41, 5.74) is 0. The molecule has 0 aromatic heterocycles. The fourth-order valence-corrected chi connectivity index (χ4v) is 0. The third-order valence-electron chi connectivity index (χ3n) is 0.0962. The summed E-state index contributed by atoms with van der Waals surface area (Å²) in [7, 11) is 4.56. The maximum absolute atomic E-state index is 8.95. The van der Waals surface area contributed by atoms with Crippen molar-refractivity contribution >= 4 is 6.47 Å². The number of hydrogen-bond donors (Lipinski definition) is 0. The standard InChI is InChI=1S/C2H4O2.C2H6O/c1-4-2-3;1-3-2/h2H,1H3;1-2H3. The second-order valence-corrected chi connectivity index (χ2v) is 0.740. The molecule has 3 nitrogen and oxygen atoms in total. The molecule has 0 atom stereocenters. The lowest BCUT2D eigenvalue weighted by molar-refractivity contribution is -0.126. The molecule has 0 aliphatic rings. The van der Waals surface area contributed by atoms with E-state index in [-0.39, 0.29) is 0 Å². The van der Waals surface area contributed by atoms with Crippen LogP contribution in [0, 0.1) is 0 Å². The van der Waals surface area contributed by atoms with Crippen LogP contribution < -0.4 is 0 Å². The summed E-state index contributed by atoms with van der Waals surface area (Å²) in [6.45, 7) is 0.375. The Morgan fingerprint density at radius 2 is 1.43 bits per heavy atom. The summed E-state index contributed by atoms with van der Waals surface area (Å²) in [6.07, 6.45) is 0. The molecule has 0 fully saturated rings. The lowest BCUT2D eigenvalue weighted by Crippen LogP contribution is -1.68. The predicted molar refractivity (Wildman–Crippen MR) is 26.0 cm³/mol. The number of rotatable bonds is 1. The molecule has 0 aromatic carbocycles. The van der Waals surface area contributed by atoms with Crippen molar-refractivity contribution in [1.29, 1.82) is 0 Å². The van der Waals surface area contributed by atoms with E-state index >= 15 is 0 Å². The van der Waals surface area contributed by atoms with Gasteiger partial charge < -0.3 is 9.47 Å². The minimum Gasteiger partial charge on any atom is -0.471 e. The Balaban J connectivity index is 0. The molecule has 0 saturated carbocycles. The Morgan fingerprint density at radius 3 is 1.43 bits per heavy atom. The molecule has 0 aromatic rings.